The summed E-state index contributed by atoms with van der Waals surface area (Å²) >= 11 is 0. The number of ether oxygens (including phenoxy) is 1. The number of aliphatic carboxylic acids is 1. The molecule has 0 aromatic heterocycles. The molecule has 0 aliphatic rings. The molecule has 4 N–H and O–H groups in total. The second kappa shape index (κ2) is 8.35. The van der Waals surface area contributed by atoms with Crippen molar-refractivity contribution in [3.63, 3.8) is 0 Å². The lowest BCUT2D eigenvalue weighted by Crippen LogP contribution is -2.53. The molecule has 0 saturated heterocycles. The third kappa shape index (κ3) is 8.64. The number of alkyl carbamates (subject to hydrolysis) is 1. The van der Waals surface area contributed by atoms with E-state index in [0.717, 1.165) is 0 Å². The van der Waals surface area contributed by atoms with Crippen LogP contribution >= 0.6 is 0 Å². The van der Waals surface area contributed by atoms with E-state index in [-0.39, 0.29) is 0 Å². The average molecular weight is 331 g/mol. The zero-order chi connectivity index (χ0) is 18.4. The van der Waals surface area contributed by atoms with Gasteiger partial charge in [-0.15, -0.1) is 0 Å². The van der Waals surface area contributed by atoms with E-state index in [1.807, 2.05) is 0 Å². The van der Waals surface area contributed by atoms with Crippen LogP contribution in [-0.4, -0.2) is 52.7 Å². The molecule has 0 radical (unpaired) electrons. The fourth-order valence-electron chi connectivity index (χ4n) is 1.35. The highest BCUT2D eigenvalue weighted by molar-refractivity contribution is 5.92. The van der Waals surface area contributed by atoms with Gasteiger partial charge in [-0.25, -0.2) is 4.79 Å². The summed E-state index contributed by atoms with van der Waals surface area (Å²) in [6.45, 7) is 9.21. The molecule has 23 heavy (non-hydrogen) atoms. The number of rotatable bonds is 6. The minimum absolute atomic E-state index is 0.596. The Labute approximate surface area is 135 Å². The van der Waals surface area contributed by atoms with Gasteiger partial charge in [-0.1, -0.05) is 0 Å². The molecule has 9 nitrogen and oxygen atoms in total. The van der Waals surface area contributed by atoms with E-state index >= 15 is 0 Å². The van der Waals surface area contributed by atoms with Gasteiger partial charge in [0.15, 0.2) is 0 Å². The quantitative estimate of drug-likeness (QED) is 0.541. The first-order valence-corrected chi connectivity index (χ1v) is 7.16. The maximum Gasteiger partial charge on any atom is 0.408 e. The van der Waals surface area contributed by atoms with Crippen molar-refractivity contribution in [1.82, 2.24) is 16.0 Å². The number of amides is 3. The summed E-state index contributed by atoms with van der Waals surface area (Å²) < 4.78 is 5.02. The molecule has 3 amide bonds. The monoisotopic (exact) mass is 331 g/mol. The zero-order valence-corrected chi connectivity index (χ0v) is 14.2. The van der Waals surface area contributed by atoms with Gasteiger partial charge in [-0.3, -0.25) is 14.4 Å². The molecule has 0 rings (SSSR count). The minimum Gasteiger partial charge on any atom is -0.480 e. The van der Waals surface area contributed by atoms with E-state index in [2.05, 4.69) is 16.0 Å². The predicted octanol–water partition coefficient (Wildman–Crippen LogP) is -0.00640. The van der Waals surface area contributed by atoms with Crippen molar-refractivity contribution in [2.45, 2.75) is 65.3 Å². The van der Waals surface area contributed by atoms with Gasteiger partial charge in [0, 0.05) is 0 Å². The van der Waals surface area contributed by atoms with E-state index in [1.54, 1.807) is 20.8 Å². The Morgan fingerprint density at radius 1 is 0.826 bits per heavy atom. The molecule has 3 atom stereocenters. The highest BCUT2D eigenvalue weighted by atomic mass is 16.6. The molecule has 132 valence electrons. The van der Waals surface area contributed by atoms with Gasteiger partial charge in [0.25, 0.3) is 0 Å². The third-order valence-electron chi connectivity index (χ3n) is 2.61. The Balaban J connectivity index is 4.43. The smallest absolute Gasteiger partial charge is 0.408 e. The van der Waals surface area contributed by atoms with E-state index < -0.39 is 47.6 Å². The van der Waals surface area contributed by atoms with Crippen molar-refractivity contribution in [2.75, 3.05) is 0 Å². The molecule has 0 heterocycles. The number of nitrogens with one attached hydrogen (secondary N) is 3. The van der Waals surface area contributed by atoms with E-state index in [0.29, 0.717) is 0 Å². The molecular weight excluding hydrogens is 306 g/mol. The summed E-state index contributed by atoms with van der Waals surface area (Å²) in [5.74, 6) is -2.42. The summed E-state index contributed by atoms with van der Waals surface area (Å²) in [7, 11) is 0. The van der Waals surface area contributed by atoms with Crippen molar-refractivity contribution >= 4 is 23.9 Å². The van der Waals surface area contributed by atoms with Gasteiger partial charge < -0.3 is 25.8 Å². The van der Waals surface area contributed by atoms with Crippen LogP contribution < -0.4 is 16.0 Å². The van der Waals surface area contributed by atoms with Crippen LogP contribution in [0.2, 0.25) is 0 Å². The van der Waals surface area contributed by atoms with E-state index in [1.165, 1.54) is 20.8 Å². The molecular formula is C14H25N3O6. The molecule has 0 aliphatic carbocycles. The van der Waals surface area contributed by atoms with Crippen LogP contribution in [-0.2, 0) is 19.1 Å². The van der Waals surface area contributed by atoms with Gasteiger partial charge in [0.2, 0.25) is 11.8 Å². The summed E-state index contributed by atoms with van der Waals surface area (Å²) in [5.41, 5.74) is -0.694. The molecule has 0 fully saturated rings. The first-order chi connectivity index (χ1) is 10.3. The number of carbonyl (C=O) groups excluding carboxylic acids is 3. The van der Waals surface area contributed by atoms with Crippen molar-refractivity contribution in [1.29, 1.82) is 0 Å². The summed E-state index contributed by atoms with van der Waals surface area (Å²) in [5, 5.41) is 15.7. The summed E-state index contributed by atoms with van der Waals surface area (Å²) in [6.07, 6.45) is -0.753. The first kappa shape index (κ1) is 20.7. The lowest BCUT2D eigenvalue weighted by atomic mass is 10.2. The second-order valence-electron chi connectivity index (χ2n) is 6.17. The van der Waals surface area contributed by atoms with Gasteiger partial charge in [0.05, 0.1) is 0 Å². The lowest BCUT2D eigenvalue weighted by Gasteiger charge is -2.22. The topological polar surface area (TPSA) is 134 Å². The molecule has 0 aromatic carbocycles. The highest BCUT2D eigenvalue weighted by Gasteiger charge is 2.24. The fourth-order valence-corrected chi connectivity index (χ4v) is 1.35. The largest absolute Gasteiger partial charge is 0.480 e. The number of carboxylic acids is 1. The Kier molecular flexibility index (Phi) is 7.51. The van der Waals surface area contributed by atoms with Crippen LogP contribution in [0.15, 0.2) is 0 Å². The normalized spacial score (nSPS) is 14.9. The molecule has 0 spiro atoms. The Bertz CT molecular complexity index is 472. The van der Waals surface area contributed by atoms with Crippen molar-refractivity contribution in [2.24, 2.45) is 0 Å². The minimum atomic E-state index is -1.18. The zero-order valence-electron chi connectivity index (χ0n) is 14.2. The maximum absolute atomic E-state index is 11.9. The number of carbonyl (C=O) groups is 4. The number of carboxylic acid groups (broad SMARTS) is 1. The molecule has 0 aliphatic heterocycles. The SMILES string of the molecule is C[C@H](NC(=O)[C@H](C)NC(=O)[C@H](C)NC(=O)OC(C)(C)C)C(=O)O. The Morgan fingerprint density at radius 2 is 1.22 bits per heavy atom. The van der Waals surface area contributed by atoms with Crippen LogP contribution in [0.4, 0.5) is 4.79 Å². The maximum atomic E-state index is 11.9. The molecule has 0 unspecified atom stereocenters. The summed E-state index contributed by atoms with van der Waals surface area (Å²) in [6, 6.07) is -2.94. The van der Waals surface area contributed by atoms with Gasteiger partial charge in [-0.2, -0.15) is 0 Å². The standard InChI is InChI=1S/C14H25N3O6/c1-7(10(18)16-9(3)12(20)21)15-11(19)8(2)17-13(22)23-14(4,5)6/h7-9H,1-6H3,(H,15,19)(H,16,18)(H,17,22)(H,20,21)/t7-,8-,9-/m0/s1. The molecule has 9 heteroatoms. The van der Waals surface area contributed by atoms with Crippen molar-refractivity contribution < 1.29 is 29.0 Å². The Hall–Kier alpha value is -2.32. The summed E-state index contributed by atoms with van der Waals surface area (Å²) in [4.78, 5) is 45.8. The van der Waals surface area contributed by atoms with Crippen molar-refractivity contribution in [3.8, 4) is 0 Å². The van der Waals surface area contributed by atoms with Crippen LogP contribution in [0.5, 0.6) is 0 Å². The lowest BCUT2D eigenvalue weighted by molar-refractivity contribution is -0.141. The fraction of sp³-hybridized carbons (Fsp3) is 0.714. The molecule has 0 aromatic rings. The number of hydrogen-bond donors (Lipinski definition) is 4. The molecule has 0 bridgehead atoms. The van der Waals surface area contributed by atoms with Gasteiger partial charge in [0.1, 0.15) is 23.7 Å². The highest BCUT2D eigenvalue weighted by Crippen LogP contribution is 2.06. The predicted molar refractivity (Wildman–Crippen MR) is 81.7 cm³/mol. The van der Waals surface area contributed by atoms with Gasteiger partial charge in [-0.05, 0) is 41.5 Å². The molecule has 0 saturated carbocycles. The third-order valence-corrected chi connectivity index (χ3v) is 2.61. The van der Waals surface area contributed by atoms with Crippen LogP contribution in [0.3, 0.4) is 0 Å². The van der Waals surface area contributed by atoms with Crippen LogP contribution in [0.1, 0.15) is 41.5 Å². The van der Waals surface area contributed by atoms with E-state index in [4.69, 9.17) is 9.84 Å². The first-order valence-electron chi connectivity index (χ1n) is 7.16. The Morgan fingerprint density at radius 3 is 1.61 bits per heavy atom. The number of hydrogen-bond acceptors (Lipinski definition) is 5. The van der Waals surface area contributed by atoms with Crippen LogP contribution in [0, 0.1) is 0 Å². The van der Waals surface area contributed by atoms with Crippen LogP contribution in [0.25, 0.3) is 0 Å². The van der Waals surface area contributed by atoms with Crippen molar-refractivity contribution in [3.05, 3.63) is 0 Å². The van der Waals surface area contributed by atoms with Gasteiger partial charge >= 0.3 is 12.1 Å². The second-order valence-corrected chi connectivity index (χ2v) is 6.17. The average Bonchev–Trinajstić information content (AvgIpc) is 2.35. The van der Waals surface area contributed by atoms with E-state index in [9.17, 15) is 19.2 Å².